The first-order chi connectivity index (χ1) is 6.67. The molecule has 0 aliphatic heterocycles. The van der Waals surface area contributed by atoms with E-state index in [1.54, 1.807) is 0 Å². The van der Waals surface area contributed by atoms with Crippen LogP contribution in [0.2, 0.25) is 0 Å². The third-order valence-electron chi connectivity index (χ3n) is 1.59. The molecule has 0 aromatic heterocycles. The van der Waals surface area contributed by atoms with Crippen molar-refractivity contribution in [2.24, 2.45) is 0 Å². The molecule has 14 heavy (non-hydrogen) atoms. The van der Waals surface area contributed by atoms with Crippen molar-refractivity contribution in [1.82, 2.24) is 0 Å². The summed E-state index contributed by atoms with van der Waals surface area (Å²) in [5, 5.41) is 0. The molecular formula is C9H7F3O2. The van der Waals surface area contributed by atoms with Crippen LogP contribution in [-0.4, -0.2) is 12.9 Å². The van der Waals surface area contributed by atoms with Crippen molar-refractivity contribution in [3.63, 3.8) is 0 Å². The molecule has 0 saturated heterocycles. The minimum atomic E-state index is -3.03. The van der Waals surface area contributed by atoms with Crippen molar-refractivity contribution in [2.75, 3.05) is 0 Å². The number of hydrogen-bond acceptors (Lipinski definition) is 2. The molecule has 0 amide bonds. The zero-order valence-corrected chi connectivity index (χ0v) is 7.04. The molecule has 1 rings (SSSR count). The van der Waals surface area contributed by atoms with Gasteiger partial charge in [0.25, 0.3) is 0 Å². The van der Waals surface area contributed by atoms with Crippen molar-refractivity contribution >= 4 is 6.29 Å². The Balaban J connectivity index is 3.01. The van der Waals surface area contributed by atoms with E-state index in [4.69, 9.17) is 0 Å². The Hall–Kier alpha value is -1.52. The Morgan fingerprint density at radius 3 is 2.64 bits per heavy atom. The number of aldehydes is 1. The lowest BCUT2D eigenvalue weighted by molar-refractivity contribution is -0.0507. The molecule has 1 aromatic rings. The fourth-order valence-electron chi connectivity index (χ4n) is 0.961. The Bertz CT molecular complexity index is 326. The predicted octanol–water partition coefficient (Wildman–Crippen LogP) is 2.57. The molecule has 0 saturated carbocycles. The normalized spacial score (nSPS) is 10.3. The van der Waals surface area contributed by atoms with Crippen LogP contribution in [-0.2, 0) is 6.67 Å². The largest absolute Gasteiger partial charge is 0.434 e. The zero-order valence-electron chi connectivity index (χ0n) is 7.04. The molecular weight excluding hydrogens is 197 g/mol. The van der Waals surface area contributed by atoms with Crippen molar-refractivity contribution in [2.45, 2.75) is 13.3 Å². The standard InChI is InChI=1S/C9H7F3O2/c10-4-7-2-1-6(5-13)3-8(7)14-9(11)12/h1-3,5,9H,4H2. The third-order valence-corrected chi connectivity index (χ3v) is 1.59. The molecule has 0 aliphatic carbocycles. The Kier molecular flexibility index (Phi) is 3.50. The Labute approximate surface area is 78.3 Å². The summed E-state index contributed by atoms with van der Waals surface area (Å²) in [6, 6.07) is 3.65. The van der Waals surface area contributed by atoms with Crippen LogP contribution in [0.3, 0.4) is 0 Å². The monoisotopic (exact) mass is 204 g/mol. The molecule has 5 heteroatoms. The van der Waals surface area contributed by atoms with Gasteiger partial charge in [0.1, 0.15) is 18.7 Å². The van der Waals surface area contributed by atoms with Crippen LogP contribution in [0.15, 0.2) is 18.2 Å². The second kappa shape index (κ2) is 4.64. The summed E-state index contributed by atoms with van der Waals surface area (Å²) in [5.74, 6) is -0.299. The van der Waals surface area contributed by atoms with Crippen molar-refractivity contribution < 1.29 is 22.7 Å². The second-order valence-electron chi connectivity index (χ2n) is 2.50. The number of ether oxygens (including phenoxy) is 1. The first-order valence-corrected chi connectivity index (χ1v) is 3.76. The van der Waals surface area contributed by atoms with Gasteiger partial charge in [-0.2, -0.15) is 8.78 Å². The molecule has 0 atom stereocenters. The molecule has 2 nitrogen and oxygen atoms in total. The third kappa shape index (κ3) is 2.48. The van der Waals surface area contributed by atoms with Crippen LogP contribution in [0.4, 0.5) is 13.2 Å². The topological polar surface area (TPSA) is 26.3 Å². The van der Waals surface area contributed by atoms with Crippen LogP contribution in [0.1, 0.15) is 15.9 Å². The highest BCUT2D eigenvalue weighted by atomic mass is 19.3. The SMILES string of the molecule is O=Cc1ccc(CF)c(OC(F)F)c1. The van der Waals surface area contributed by atoms with E-state index >= 15 is 0 Å². The number of rotatable bonds is 4. The highest BCUT2D eigenvalue weighted by Crippen LogP contribution is 2.22. The number of carbonyl (C=O) groups excluding carboxylic acids is 1. The summed E-state index contributed by atoms with van der Waals surface area (Å²) in [6.07, 6.45) is 0.473. The summed E-state index contributed by atoms with van der Waals surface area (Å²) in [4.78, 5) is 10.3. The quantitative estimate of drug-likeness (QED) is 0.704. The summed E-state index contributed by atoms with van der Waals surface area (Å²) < 4.78 is 40.0. The van der Waals surface area contributed by atoms with Gasteiger partial charge in [0, 0.05) is 11.1 Å². The highest BCUT2D eigenvalue weighted by molar-refractivity contribution is 5.75. The summed E-state index contributed by atoms with van der Waals surface area (Å²) in [7, 11) is 0. The van der Waals surface area contributed by atoms with Gasteiger partial charge < -0.3 is 4.74 Å². The zero-order chi connectivity index (χ0) is 10.6. The van der Waals surface area contributed by atoms with Gasteiger partial charge >= 0.3 is 6.61 Å². The van der Waals surface area contributed by atoms with Crippen LogP contribution in [0.25, 0.3) is 0 Å². The molecule has 0 radical (unpaired) electrons. The number of halogens is 3. The van der Waals surface area contributed by atoms with E-state index in [0.29, 0.717) is 6.29 Å². The highest BCUT2D eigenvalue weighted by Gasteiger charge is 2.10. The van der Waals surface area contributed by atoms with Crippen LogP contribution in [0.5, 0.6) is 5.75 Å². The van der Waals surface area contributed by atoms with E-state index in [0.717, 1.165) is 6.07 Å². The van der Waals surface area contributed by atoms with Crippen LogP contribution < -0.4 is 4.74 Å². The predicted molar refractivity (Wildman–Crippen MR) is 43.3 cm³/mol. The minimum absolute atomic E-state index is 0.00380. The summed E-state index contributed by atoms with van der Waals surface area (Å²) in [6.45, 7) is -3.94. The van der Waals surface area contributed by atoms with Gasteiger partial charge in [0.2, 0.25) is 0 Å². The number of alkyl halides is 3. The van der Waals surface area contributed by atoms with E-state index in [1.807, 2.05) is 0 Å². The van der Waals surface area contributed by atoms with Gasteiger partial charge in [0.15, 0.2) is 0 Å². The average Bonchev–Trinajstić information content (AvgIpc) is 2.16. The molecule has 0 fully saturated rings. The van der Waals surface area contributed by atoms with Crippen molar-refractivity contribution in [1.29, 1.82) is 0 Å². The maximum atomic E-state index is 12.3. The van der Waals surface area contributed by atoms with Crippen molar-refractivity contribution in [3.8, 4) is 5.75 Å². The van der Waals surface area contributed by atoms with Crippen LogP contribution >= 0.6 is 0 Å². The van der Waals surface area contributed by atoms with Gasteiger partial charge in [0.05, 0.1) is 0 Å². The van der Waals surface area contributed by atoms with Gasteiger partial charge in [-0.15, -0.1) is 0 Å². The lowest BCUT2D eigenvalue weighted by Gasteiger charge is -2.08. The van der Waals surface area contributed by atoms with E-state index in [2.05, 4.69) is 4.74 Å². The number of carbonyl (C=O) groups is 1. The molecule has 0 heterocycles. The molecule has 0 unspecified atom stereocenters. The lowest BCUT2D eigenvalue weighted by atomic mass is 10.1. The maximum Gasteiger partial charge on any atom is 0.387 e. The van der Waals surface area contributed by atoms with Gasteiger partial charge in [-0.05, 0) is 6.07 Å². The van der Waals surface area contributed by atoms with Crippen LogP contribution in [0, 0.1) is 0 Å². The van der Waals surface area contributed by atoms with E-state index in [1.165, 1.54) is 12.1 Å². The minimum Gasteiger partial charge on any atom is -0.434 e. The molecule has 0 N–H and O–H groups in total. The molecule has 1 aromatic carbocycles. The number of benzene rings is 1. The molecule has 76 valence electrons. The summed E-state index contributed by atoms with van der Waals surface area (Å²) in [5.41, 5.74) is 0.161. The fourth-order valence-corrected chi connectivity index (χ4v) is 0.961. The Morgan fingerprint density at radius 1 is 1.43 bits per heavy atom. The lowest BCUT2D eigenvalue weighted by Crippen LogP contribution is -2.04. The van der Waals surface area contributed by atoms with Crippen molar-refractivity contribution in [3.05, 3.63) is 29.3 Å². The second-order valence-corrected chi connectivity index (χ2v) is 2.50. The van der Waals surface area contributed by atoms with E-state index < -0.39 is 13.3 Å². The fraction of sp³-hybridized carbons (Fsp3) is 0.222. The first-order valence-electron chi connectivity index (χ1n) is 3.76. The molecule has 0 spiro atoms. The van der Waals surface area contributed by atoms with E-state index in [-0.39, 0.29) is 16.9 Å². The van der Waals surface area contributed by atoms with Gasteiger partial charge in [-0.3, -0.25) is 4.79 Å². The molecule has 0 bridgehead atoms. The van der Waals surface area contributed by atoms with E-state index in [9.17, 15) is 18.0 Å². The number of hydrogen-bond donors (Lipinski definition) is 0. The van der Waals surface area contributed by atoms with Gasteiger partial charge in [-0.25, -0.2) is 4.39 Å². The molecule has 0 aliphatic rings. The Morgan fingerprint density at radius 2 is 2.14 bits per heavy atom. The van der Waals surface area contributed by atoms with Gasteiger partial charge in [-0.1, -0.05) is 12.1 Å². The average molecular weight is 204 g/mol. The first kappa shape index (κ1) is 10.6. The summed E-state index contributed by atoms with van der Waals surface area (Å²) >= 11 is 0. The smallest absolute Gasteiger partial charge is 0.387 e. The maximum absolute atomic E-state index is 12.3.